The van der Waals surface area contributed by atoms with Gasteiger partial charge in [0.15, 0.2) is 5.69 Å². The lowest BCUT2D eigenvalue weighted by atomic mass is 10.3. The summed E-state index contributed by atoms with van der Waals surface area (Å²) in [6, 6.07) is 0. The molecular formula is C10H17N4O3PS. The molecule has 1 unspecified atom stereocenters. The quantitative estimate of drug-likeness (QED) is 0.587. The molecule has 0 fully saturated rings. The van der Waals surface area contributed by atoms with Gasteiger partial charge in [-0.15, -0.1) is 9.24 Å². The molecule has 1 atom stereocenters. The van der Waals surface area contributed by atoms with Gasteiger partial charge in [-0.3, -0.25) is 9.59 Å². The molecule has 1 rings (SSSR count). The average Bonchev–Trinajstić information content (AvgIpc) is 2.35. The molecule has 106 valence electrons. The van der Waals surface area contributed by atoms with Gasteiger partial charge in [0, 0.05) is 27.7 Å². The summed E-state index contributed by atoms with van der Waals surface area (Å²) in [5.74, 6) is -1.03. The van der Waals surface area contributed by atoms with E-state index in [1.54, 1.807) is 11.9 Å². The minimum absolute atomic E-state index is 0.207. The van der Waals surface area contributed by atoms with Gasteiger partial charge in [-0.1, -0.05) is 12.8 Å². The molecule has 1 amide bonds. The number of rotatable bonds is 4. The van der Waals surface area contributed by atoms with Crippen molar-refractivity contribution in [2.45, 2.75) is 0 Å². The van der Waals surface area contributed by atoms with Crippen molar-refractivity contribution in [3.8, 4) is 5.75 Å². The Morgan fingerprint density at radius 1 is 1.47 bits per heavy atom. The zero-order valence-electron chi connectivity index (χ0n) is 11.0. The normalized spacial score (nSPS) is 10.4. The van der Waals surface area contributed by atoms with E-state index in [4.69, 9.17) is 0 Å². The molecule has 0 bridgehead atoms. The molecule has 0 aliphatic rings. The van der Waals surface area contributed by atoms with Crippen LogP contribution in [-0.4, -0.2) is 58.7 Å². The molecule has 1 aromatic heterocycles. The number of carbonyl (C=O) groups is 1. The first-order valence-corrected chi connectivity index (χ1v) is 6.71. The third kappa shape index (κ3) is 3.19. The zero-order valence-corrected chi connectivity index (χ0v) is 13.0. The van der Waals surface area contributed by atoms with Crippen LogP contribution < -0.4 is 10.5 Å². The van der Waals surface area contributed by atoms with E-state index in [-0.39, 0.29) is 11.6 Å². The maximum absolute atomic E-state index is 11.9. The number of carbonyl (C=O) groups excluding carboxylic acids is 1. The third-order valence-corrected chi connectivity index (χ3v) is 3.05. The number of nitrogens with zero attached hydrogens (tertiary/aromatic N) is 4. The van der Waals surface area contributed by atoms with Crippen molar-refractivity contribution in [3.63, 3.8) is 0 Å². The van der Waals surface area contributed by atoms with Crippen LogP contribution in [0.3, 0.4) is 0 Å². The summed E-state index contributed by atoms with van der Waals surface area (Å²) in [5, 5.41) is 9.72. The third-order valence-electron chi connectivity index (χ3n) is 2.44. The molecule has 1 heterocycles. The highest BCUT2D eigenvalue weighted by Gasteiger charge is 2.22. The van der Waals surface area contributed by atoms with Crippen LogP contribution >= 0.6 is 22.1 Å². The van der Waals surface area contributed by atoms with Gasteiger partial charge in [-0.05, 0) is 6.16 Å². The first kappa shape index (κ1) is 15.8. The van der Waals surface area contributed by atoms with E-state index < -0.39 is 17.2 Å². The summed E-state index contributed by atoms with van der Waals surface area (Å²) < 4.78 is 0.919. The predicted octanol–water partition coefficient (Wildman–Crippen LogP) is -0.345. The minimum Gasteiger partial charge on any atom is -0.501 e. The maximum Gasteiger partial charge on any atom is 0.307 e. The zero-order chi connectivity index (χ0) is 14.7. The Bertz CT molecular complexity index is 546. The van der Waals surface area contributed by atoms with E-state index in [1.165, 1.54) is 19.0 Å². The first-order chi connectivity index (χ1) is 8.81. The van der Waals surface area contributed by atoms with Crippen LogP contribution in [0.15, 0.2) is 4.79 Å². The molecule has 0 saturated carbocycles. The van der Waals surface area contributed by atoms with E-state index in [1.807, 2.05) is 0 Å². The number of amides is 1. The van der Waals surface area contributed by atoms with Crippen LogP contribution in [0.5, 0.6) is 5.75 Å². The molecule has 1 aromatic rings. The standard InChI is InChI=1S/C10H17N4O3PS/c1-12(2)8(16)6-7(15)9(17)14(19)10(11-6)13(3)4-5-18/h15,19H,4-5,18H2,1-3H3. The van der Waals surface area contributed by atoms with Crippen LogP contribution in [0.25, 0.3) is 0 Å². The molecule has 1 N–H and O–H groups in total. The highest BCUT2D eigenvalue weighted by molar-refractivity contribution is 7.78. The van der Waals surface area contributed by atoms with Crippen LogP contribution in [-0.2, 0) is 0 Å². The smallest absolute Gasteiger partial charge is 0.307 e. The Hall–Kier alpha value is -1.27. The lowest BCUT2D eigenvalue weighted by Gasteiger charge is -2.20. The topological polar surface area (TPSA) is 78.7 Å². The highest BCUT2D eigenvalue weighted by atomic mass is 32.1. The van der Waals surface area contributed by atoms with Gasteiger partial charge in [0.2, 0.25) is 11.7 Å². The second-order valence-corrected chi connectivity index (χ2v) is 5.11. The number of thiol groups is 1. The number of aromatic hydroxyl groups is 1. The Morgan fingerprint density at radius 2 is 2.05 bits per heavy atom. The SMILES string of the molecule is CN(C)C(=O)c1nc(N(C)CCP)n(S)c(=O)c1O. The fraction of sp³-hybridized carbons (Fsp3) is 0.500. The van der Waals surface area contributed by atoms with E-state index in [2.05, 4.69) is 27.0 Å². The van der Waals surface area contributed by atoms with Gasteiger partial charge < -0.3 is 14.9 Å². The Kier molecular flexibility index (Phi) is 5.20. The molecule has 0 radical (unpaired) electrons. The van der Waals surface area contributed by atoms with Crippen molar-refractivity contribution >= 4 is 33.9 Å². The summed E-state index contributed by atoms with van der Waals surface area (Å²) in [6.45, 7) is 0.609. The van der Waals surface area contributed by atoms with Crippen LogP contribution in [0.1, 0.15) is 10.5 Å². The fourth-order valence-electron chi connectivity index (χ4n) is 1.39. The van der Waals surface area contributed by atoms with Crippen LogP contribution in [0.2, 0.25) is 0 Å². The molecule has 0 aliphatic heterocycles. The molecule has 9 heteroatoms. The maximum atomic E-state index is 11.9. The number of anilines is 1. The molecule has 0 aliphatic carbocycles. The van der Waals surface area contributed by atoms with Crippen LogP contribution in [0, 0.1) is 0 Å². The summed E-state index contributed by atoms with van der Waals surface area (Å²) in [7, 11) is 7.30. The van der Waals surface area contributed by atoms with Gasteiger partial charge in [0.1, 0.15) is 0 Å². The summed E-state index contributed by atoms with van der Waals surface area (Å²) in [5.41, 5.74) is -1.04. The van der Waals surface area contributed by atoms with E-state index >= 15 is 0 Å². The van der Waals surface area contributed by atoms with Gasteiger partial charge in [-0.25, -0.2) is 8.96 Å². The molecule has 0 aromatic carbocycles. The Labute approximate surface area is 119 Å². The second kappa shape index (κ2) is 6.25. The Morgan fingerprint density at radius 3 is 2.53 bits per heavy atom. The molecule has 0 saturated heterocycles. The van der Waals surface area contributed by atoms with Crippen molar-refractivity contribution in [1.82, 2.24) is 13.9 Å². The number of hydrogen-bond donors (Lipinski definition) is 2. The Balaban J connectivity index is 3.43. The van der Waals surface area contributed by atoms with Gasteiger partial charge in [-0.2, -0.15) is 0 Å². The number of aromatic nitrogens is 2. The van der Waals surface area contributed by atoms with E-state index in [0.29, 0.717) is 6.54 Å². The van der Waals surface area contributed by atoms with E-state index in [0.717, 1.165) is 10.1 Å². The summed E-state index contributed by atoms with van der Waals surface area (Å²) >= 11 is 3.99. The number of hydrogen-bond acceptors (Lipinski definition) is 6. The molecule has 0 spiro atoms. The molecule has 7 nitrogen and oxygen atoms in total. The lowest BCUT2D eigenvalue weighted by molar-refractivity contribution is 0.0818. The summed E-state index contributed by atoms with van der Waals surface area (Å²) in [4.78, 5) is 30.7. The highest BCUT2D eigenvalue weighted by Crippen LogP contribution is 2.17. The van der Waals surface area contributed by atoms with Crippen molar-refractivity contribution < 1.29 is 9.90 Å². The second-order valence-electron chi connectivity index (χ2n) is 4.14. The monoisotopic (exact) mass is 304 g/mol. The van der Waals surface area contributed by atoms with E-state index in [9.17, 15) is 14.7 Å². The summed E-state index contributed by atoms with van der Waals surface area (Å²) in [6.07, 6.45) is 0.762. The molecule has 19 heavy (non-hydrogen) atoms. The van der Waals surface area contributed by atoms with Gasteiger partial charge in [0.05, 0.1) is 0 Å². The van der Waals surface area contributed by atoms with Crippen molar-refractivity contribution in [2.24, 2.45) is 0 Å². The van der Waals surface area contributed by atoms with Crippen molar-refractivity contribution in [2.75, 3.05) is 38.7 Å². The van der Waals surface area contributed by atoms with Crippen molar-refractivity contribution in [3.05, 3.63) is 16.0 Å². The first-order valence-electron chi connectivity index (χ1n) is 5.49. The minimum atomic E-state index is -0.769. The fourth-order valence-corrected chi connectivity index (χ4v) is 2.07. The largest absolute Gasteiger partial charge is 0.501 e. The van der Waals surface area contributed by atoms with Crippen molar-refractivity contribution in [1.29, 1.82) is 0 Å². The van der Waals surface area contributed by atoms with Gasteiger partial charge >= 0.3 is 5.56 Å². The lowest BCUT2D eigenvalue weighted by Crippen LogP contribution is -2.32. The van der Waals surface area contributed by atoms with Crippen LogP contribution in [0.4, 0.5) is 5.95 Å². The predicted molar refractivity (Wildman–Crippen MR) is 80.4 cm³/mol. The average molecular weight is 304 g/mol. The van der Waals surface area contributed by atoms with Gasteiger partial charge in [0.25, 0.3) is 5.91 Å². The molecular weight excluding hydrogens is 287 g/mol.